The van der Waals surface area contributed by atoms with Crippen LogP contribution in [0.1, 0.15) is 17.2 Å². The minimum Gasteiger partial charge on any atom is -0.506 e. The van der Waals surface area contributed by atoms with Gasteiger partial charge < -0.3 is 19.7 Å². The van der Waals surface area contributed by atoms with Gasteiger partial charge >= 0.3 is 5.69 Å². The summed E-state index contributed by atoms with van der Waals surface area (Å²) in [7, 11) is 2.66. The molecule has 1 saturated heterocycles. The number of benzene rings is 3. The highest BCUT2D eigenvalue weighted by atomic mass is 19.1. The van der Waals surface area contributed by atoms with Crippen LogP contribution in [0.5, 0.6) is 17.2 Å². The molecule has 0 saturated carbocycles. The standard InChI is InChI=1S/C25H19FN2O8/c1-35-18-7-4-8-19(36-2)20(18)23(30)21-22(13-9-10-17(29)16(11-13)28(33)34)27(25(32)24(21)31)15-6-3-5-14(26)12-15/h3-12,22,29-30H,1-2H3/b23-21+. The number of nitrogens with zero attached hydrogens (tertiary/aromatic N) is 2. The summed E-state index contributed by atoms with van der Waals surface area (Å²) < 4.78 is 24.7. The molecule has 184 valence electrons. The number of aromatic hydroxyl groups is 1. The summed E-state index contributed by atoms with van der Waals surface area (Å²) in [6.07, 6.45) is 0. The first kappa shape index (κ1) is 24.2. The number of aliphatic hydroxyl groups is 1. The van der Waals surface area contributed by atoms with Crippen molar-refractivity contribution in [2.75, 3.05) is 19.1 Å². The Balaban J connectivity index is 2.06. The molecular formula is C25H19FN2O8. The second-order valence-electron chi connectivity index (χ2n) is 7.69. The molecule has 1 fully saturated rings. The zero-order valence-corrected chi connectivity index (χ0v) is 19.0. The second kappa shape index (κ2) is 9.37. The first-order chi connectivity index (χ1) is 17.2. The Morgan fingerprint density at radius 2 is 1.67 bits per heavy atom. The molecule has 1 aliphatic rings. The fourth-order valence-corrected chi connectivity index (χ4v) is 4.12. The Bertz CT molecular complexity index is 1410. The molecule has 1 aliphatic heterocycles. The van der Waals surface area contributed by atoms with Gasteiger partial charge in [-0.1, -0.05) is 18.2 Å². The molecule has 0 bridgehead atoms. The van der Waals surface area contributed by atoms with Gasteiger partial charge in [-0.25, -0.2) is 4.39 Å². The van der Waals surface area contributed by atoms with E-state index >= 15 is 0 Å². The van der Waals surface area contributed by atoms with Gasteiger partial charge in [-0.3, -0.25) is 24.6 Å². The fraction of sp³-hybridized carbons (Fsp3) is 0.120. The number of ketones is 1. The molecule has 1 unspecified atom stereocenters. The molecule has 2 N–H and O–H groups in total. The molecule has 1 atom stereocenters. The Hall–Kier alpha value is -4.93. The Morgan fingerprint density at radius 1 is 1.03 bits per heavy atom. The third-order valence-corrected chi connectivity index (χ3v) is 5.71. The normalized spacial score (nSPS) is 16.8. The molecule has 36 heavy (non-hydrogen) atoms. The van der Waals surface area contributed by atoms with Crippen LogP contribution in [0.15, 0.2) is 66.2 Å². The third-order valence-electron chi connectivity index (χ3n) is 5.71. The van der Waals surface area contributed by atoms with E-state index in [1.165, 1.54) is 44.6 Å². The number of nitro groups is 1. The summed E-state index contributed by atoms with van der Waals surface area (Å²) >= 11 is 0. The minimum absolute atomic E-state index is 0.0124. The number of hydrogen-bond donors (Lipinski definition) is 2. The maximum Gasteiger partial charge on any atom is 0.311 e. The van der Waals surface area contributed by atoms with E-state index in [-0.39, 0.29) is 28.3 Å². The Labute approximate surface area is 203 Å². The van der Waals surface area contributed by atoms with Crippen molar-refractivity contribution in [2.24, 2.45) is 0 Å². The van der Waals surface area contributed by atoms with Gasteiger partial charge in [-0.15, -0.1) is 0 Å². The summed E-state index contributed by atoms with van der Waals surface area (Å²) in [5.74, 6) is -3.97. The molecule has 3 aromatic rings. The average molecular weight is 494 g/mol. The van der Waals surface area contributed by atoms with E-state index < -0.39 is 51.2 Å². The predicted molar refractivity (Wildman–Crippen MR) is 125 cm³/mol. The third kappa shape index (κ3) is 3.96. The zero-order valence-electron chi connectivity index (χ0n) is 19.0. The number of phenolic OH excluding ortho intramolecular Hbond substituents is 1. The lowest BCUT2D eigenvalue weighted by atomic mass is 9.94. The van der Waals surface area contributed by atoms with Crippen molar-refractivity contribution in [2.45, 2.75) is 6.04 Å². The van der Waals surface area contributed by atoms with E-state index in [0.29, 0.717) is 0 Å². The summed E-state index contributed by atoms with van der Waals surface area (Å²) in [5, 5.41) is 32.8. The van der Waals surface area contributed by atoms with Gasteiger partial charge in [-0.2, -0.15) is 0 Å². The van der Waals surface area contributed by atoms with Gasteiger partial charge in [0.1, 0.15) is 28.6 Å². The van der Waals surface area contributed by atoms with Gasteiger partial charge in [0.15, 0.2) is 5.75 Å². The van der Waals surface area contributed by atoms with E-state index in [9.17, 15) is 34.3 Å². The van der Waals surface area contributed by atoms with Crippen LogP contribution in [0.2, 0.25) is 0 Å². The van der Waals surface area contributed by atoms with Crippen molar-refractivity contribution in [3.8, 4) is 17.2 Å². The molecule has 10 nitrogen and oxygen atoms in total. The van der Waals surface area contributed by atoms with Crippen LogP contribution >= 0.6 is 0 Å². The van der Waals surface area contributed by atoms with E-state index in [2.05, 4.69) is 0 Å². The molecule has 0 radical (unpaired) electrons. The maximum atomic E-state index is 14.1. The summed E-state index contributed by atoms with van der Waals surface area (Å²) in [4.78, 5) is 38.1. The summed E-state index contributed by atoms with van der Waals surface area (Å²) in [6.45, 7) is 0. The highest BCUT2D eigenvalue weighted by Gasteiger charge is 2.48. The zero-order chi connectivity index (χ0) is 26.1. The van der Waals surface area contributed by atoms with E-state index in [0.717, 1.165) is 29.2 Å². The van der Waals surface area contributed by atoms with E-state index in [4.69, 9.17) is 9.47 Å². The highest BCUT2D eigenvalue weighted by Crippen LogP contribution is 2.46. The number of carbonyl (C=O) groups excluding carboxylic acids is 2. The number of methoxy groups -OCH3 is 2. The lowest BCUT2D eigenvalue weighted by Gasteiger charge is -2.25. The molecule has 1 heterocycles. The first-order valence-electron chi connectivity index (χ1n) is 10.4. The van der Waals surface area contributed by atoms with Crippen LogP contribution in [0.3, 0.4) is 0 Å². The van der Waals surface area contributed by atoms with Crippen molar-refractivity contribution < 1.29 is 38.6 Å². The van der Waals surface area contributed by atoms with Gasteiger partial charge in [0.2, 0.25) is 0 Å². The van der Waals surface area contributed by atoms with Gasteiger partial charge in [-0.05, 0) is 42.0 Å². The fourth-order valence-electron chi connectivity index (χ4n) is 4.12. The summed E-state index contributed by atoms with van der Waals surface area (Å²) in [6, 6.07) is 11.3. The SMILES string of the molecule is COc1cccc(OC)c1/C(O)=C1\C(=O)C(=O)N(c2cccc(F)c2)C1c1ccc(O)c([N+](=O)[O-])c1. The largest absolute Gasteiger partial charge is 0.506 e. The molecule has 3 aromatic carbocycles. The molecule has 0 spiro atoms. The number of ether oxygens (including phenoxy) is 2. The lowest BCUT2D eigenvalue weighted by Crippen LogP contribution is -2.29. The molecular weight excluding hydrogens is 475 g/mol. The number of rotatable bonds is 6. The van der Waals surface area contributed by atoms with Gasteiger partial charge in [0.05, 0.1) is 30.8 Å². The van der Waals surface area contributed by atoms with Crippen LogP contribution < -0.4 is 14.4 Å². The Morgan fingerprint density at radius 3 is 2.25 bits per heavy atom. The van der Waals surface area contributed by atoms with Crippen LogP contribution in [-0.2, 0) is 9.59 Å². The quantitative estimate of drug-likeness (QED) is 0.172. The van der Waals surface area contributed by atoms with Crippen molar-refractivity contribution >= 4 is 28.8 Å². The minimum atomic E-state index is -1.42. The van der Waals surface area contributed by atoms with Crippen LogP contribution in [0.4, 0.5) is 15.8 Å². The van der Waals surface area contributed by atoms with Crippen molar-refractivity contribution in [3.63, 3.8) is 0 Å². The van der Waals surface area contributed by atoms with E-state index in [1.54, 1.807) is 6.07 Å². The highest BCUT2D eigenvalue weighted by molar-refractivity contribution is 6.51. The second-order valence-corrected chi connectivity index (χ2v) is 7.69. The molecule has 0 aliphatic carbocycles. The van der Waals surface area contributed by atoms with E-state index in [1.807, 2.05) is 0 Å². The number of carbonyl (C=O) groups is 2. The smallest absolute Gasteiger partial charge is 0.311 e. The van der Waals surface area contributed by atoms with Gasteiger partial charge in [0, 0.05) is 11.8 Å². The van der Waals surface area contributed by atoms with Gasteiger partial charge in [0.25, 0.3) is 11.7 Å². The molecule has 0 aromatic heterocycles. The van der Waals surface area contributed by atoms with Crippen LogP contribution in [-0.4, -0.2) is 41.0 Å². The summed E-state index contributed by atoms with van der Waals surface area (Å²) in [5.41, 5.74) is -1.17. The number of hydrogen-bond acceptors (Lipinski definition) is 8. The van der Waals surface area contributed by atoms with Crippen molar-refractivity contribution in [1.29, 1.82) is 0 Å². The topological polar surface area (TPSA) is 139 Å². The number of nitro benzene ring substituents is 1. The molecule has 4 rings (SSSR count). The number of aliphatic hydroxyl groups excluding tert-OH is 1. The van der Waals surface area contributed by atoms with Crippen LogP contribution in [0.25, 0.3) is 5.76 Å². The number of phenols is 1. The van der Waals surface area contributed by atoms with Crippen molar-refractivity contribution in [3.05, 3.63) is 93.3 Å². The lowest BCUT2D eigenvalue weighted by molar-refractivity contribution is -0.385. The number of anilines is 1. The van der Waals surface area contributed by atoms with Crippen molar-refractivity contribution in [1.82, 2.24) is 0 Å². The molecule has 11 heteroatoms. The maximum absolute atomic E-state index is 14.1. The monoisotopic (exact) mass is 494 g/mol. The first-order valence-corrected chi connectivity index (χ1v) is 10.4. The number of Topliss-reactive ketones (excluding diaryl/α,β-unsaturated/α-hetero) is 1. The predicted octanol–water partition coefficient (Wildman–Crippen LogP) is 4.08. The average Bonchev–Trinajstić information content (AvgIpc) is 3.13. The van der Waals surface area contributed by atoms with Crippen LogP contribution in [0, 0.1) is 15.9 Å². The number of amides is 1. The molecule has 1 amide bonds. The Kier molecular flexibility index (Phi) is 6.30. The number of halogens is 1.